The molecule has 0 unspecified atom stereocenters. The van der Waals surface area contributed by atoms with E-state index in [9.17, 15) is 10.1 Å². The van der Waals surface area contributed by atoms with Crippen molar-refractivity contribution in [2.75, 3.05) is 18.2 Å². The van der Waals surface area contributed by atoms with Gasteiger partial charge in [-0.1, -0.05) is 24.3 Å². The maximum atomic E-state index is 9.62. The fourth-order valence-electron chi connectivity index (χ4n) is 2.93. The van der Waals surface area contributed by atoms with Crippen LogP contribution in [-0.4, -0.2) is 23.1 Å². The third kappa shape index (κ3) is 4.57. The number of isocyanates is 1. The summed E-state index contributed by atoms with van der Waals surface area (Å²) in [5.41, 5.74) is 11.5. The number of fused-ring (bicyclic) bond motifs is 1. The molecule has 0 atom stereocenters. The van der Waals surface area contributed by atoms with Crippen molar-refractivity contribution in [3.63, 3.8) is 0 Å². The highest BCUT2D eigenvalue weighted by Crippen LogP contribution is 2.34. The lowest BCUT2D eigenvalue weighted by atomic mass is 10.1. The van der Waals surface area contributed by atoms with Gasteiger partial charge in [0.15, 0.2) is 0 Å². The second-order valence-corrected chi connectivity index (χ2v) is 6.26. The summed E-state index contributed by atoms with van der Waals surface area (Å²) in [7, 11) is 0. The van der Waals surface area contributed by atoms with Gasteiger partial charge in [-0.2, -0.15) is 5.26 Å². The van der Waals surface area contributed by atoms with Crippen LogP contribution in [0.2, 0.25) is 0 Å². The van der Waals surface area contributed by atoms with E-state index in [1.807, 2.05) is 30.3 Å². The quantitative estimate of drug-likeness (QED) is 0.309. The van der Waals surface area contributed by atoms with E-state index in [0.29, 0.717) is 12.4 Å². The Bertz CT molecular complexity index is 1010. The molecular weight excluding hydrogens is 360 g/mol. The van der Waals surface area contributed by atoms with Gasteiger partial charge in [0.25, 0.3) is 0 Å². The lowest BCUT2D eigenvalue weighted by molar-refractivity contribution is 0.563. The first-order valence-electron chi connectivity index (χ1n) is 8.55. The second kappa shape index (κ2) is 9.59. The van der Waals surface area contributed by atoms with Crippen molar-refractivity contribution in [3.05, 3.63) is 53.6 Å². The van der Waals surface area contributed by atoms with Crippen LogP contribution >= 0.6 is 11.6 Å². The maximum Gasteiger partial charge on any atom is 0.234 e. The van der Waals surface area contributed by atoms with Crippen LogP contribution in [0.25, 0.3) is 22.2 Å². The van der Waals surface area contributed by atoms with Gasteiger partial charge >= 0.3 is 0 Å². The molecule has 1 heterocycles. The van der Waals surface area contributed by atoms with Gasteiger partial charge in [-0.25, -0.2) is 9.79 Å². The Morgan fingerprint density at radius 3 is 2.44 bits per heavy atom. The van der Waals surface area contributed by atoms with Gasteiger partial charge in [0.05, 0.1) is 23.3 Å². The number of nitriles is 1. The average Bonchev–Trinajstić information content (AvgIpc) is 2.99. The van der Waals surface area contributed by atoms with Crippen molar-refractivity contribution in [3.8, 4) is 17.3 Å². The van der Waals surface area contributed by atoms with Crippen LogP contribution in [0.1, 0.15) is 18.1 Å². The molecule has 2 N–H and O–H groups in total. The number of rotatable bonds is 4. The number of carbonyl (C=O) groups excluding carboxylic acids is 1. The first-order valence-corrected chi connectivity index (χ1v) is 9.09. The third-order valence-corrected chi connectivity index (χ3v) is 4.26. The fourth-order valence-corrected chi connectivity index (χ4v) is 3.01. The van der Waals surface area contributed by atoms with Gasteiger partial charge < -0.3 is 10.3 Å². The van der Waals surface area contributed by atoms with Crippen molar-refractivity contribution in [1.82, 2.24) is 4.57 Å². The van der Waals surface area contributed by atoms with E-state index < -0.39 is 0 Å². The SMILES string of the molecule is CCn1c(-c2ccc(N)cc2)c(C#N)c2ccc(C)cc21.O=C=NCCCl. The molecule has 0 aliphatic rings. The van der Waals surface area contributed by atoms with E-state index in [1.165, 1.54) is 11.6 Å². The molecule has 0 saturated carbocycles. The van der Waals surface area contributed by atoms with Gasteiger partial charge in [-0.3, -0.25) is 0 Å². The number of nitrogens with two attached hydrogens (primary N) is 1. The Hall–Kier alpha value is -3.06. The monoisotopic (exact) mass is 380 g/mol. The van der Waals surface area contributed by atoms with Crippen LogP contribution in [-0.2, 0) is 11.3 Å². The molecule has 0 amide bonds. The number of aliphatic imine (C=N–C) groups is 1. The molecule has 0 spiro atoms. The van der Waals surface area contributed by atoms with E-state index in [4.69, 9.17) is 17.3 Å². The molecule has 5 nitrogen and oxygen atoms in total. The summed E-state index contributed by atoms with van der Waals surface area (Å²) in [4.78, 5) is 12.4. The molecule has 0 radical (unpaired) electrons. The summed E-state index contributed by atoms with van der Waals surface area (Å²) in [5.74, 6) is 0.398. The molecule has 6 heteroatoms. The van der Waals surface area contributed by atoms with Gasteiger partial charge in [0.2, 0.25) is 6.08 Å². The normalized spacial score (nSPS) is 9.85. The number of aromatic nitrogens is 1. The summed E-state index contributed by atoms with van der Waals surface area (Å²) in [5, 5.41) is 10.6. The predicted molar refractivity (Wildman–Crippen MR) is 111 cm³/mol. The highest BCUT2D eigenvalue weighted by Gasteiger charge is 2.17. The summed E-state index contributed by atoms with van der Waals surface area (Å²) >= 11 is 5.11. The number of hydrogen-bond donors (Lipinski definition) is 1. The molecule has 0 saturated heterocycles. The second-order valence-electron chi connectivity index (χ2n) is 5.88. The zero-order valence-corrected chi connectivity index (χ0v) is 16.1. The highest BCUT2D eigenvalue weighted by molar-refractivity contribution is 6.18. The van der Waals surface area contributed by atoms with E-state index in [-0.39, 0.29) is 0 Å². The standard InChI is InChI=1S/C18H17N3.C3H4ClNO/c1-3-21-17-10-12(2)4-9-15(17)16(11-19)18(21)13-5-7-14(20)8-6-13;4-1-2-5-3-6/h4-10H,3,20H2,1-2H3;1-2H2. The van der Waals surface area contributed by atoms with Crippen molar-refractivity contribution in [2.24, 2.45) is 4.99 Å². The fraction of sp³-hybridized carbons (Fsp3) is 0.238. The van der Waals surface area contributed by atoms with Gasteiger partial charge in [0, 0.05) is 23.5 Å². The Labute approximate surface area is 163 Å². The molecule has 27 heavy (non-hydrogen) atoms. The number of anilines is 1. The molecule has 138 valence electrons. The van der Waals surface area contributed by atoms with E-state index in [2.05, 4.69) is 41.6 Å². The maximum absolute atomic E-state index is 9.62. The predicted octanol–water partition coefficient (Wildman–Crippen LogP) is 4.65. The lowest BCUT2D eigenvalue weighted by Gasteiger charge is -2.09. The van der Waals surface area contributed by atoms with Crippen LogP contribution in [0, 0.1) is 18.3 Å². The molecule has 0 aliphatic carbocycles. The van der Waals surface area contributed by atoms with Crippen LogP contribution in [0.5, 0.6) is 0 Å². The van der Waals surface area contributed by atoms with Crippen LogP contribution < -0.4 is 5.73 Å². The number of nitrogens with zero attached hydrogens (tertiary/aromatic N) is 3. The molecule has 1 aromatic heterocycles. The number of hydrogen-bond acceptors (Lipinski definition) is 4. The van der Waals surface area contributed by atoms with E-state index in [1.54, 1.807) is 0 Å². The zero-order chi connectivity index (χ0) is 19.8. The van der Waals surface area contributed by atoms with Gasteiger partial charge in [-0.15, -0.1) is 11.6 Å². The Kier molecular flexibility index (Phi) is 7.19. The molecule has 3 rings (SSSR count). The van der Waals surface area contributed by atoms with E-state index in [0.717, 1.165) is 40.0 Å². The van der Waals surface area contributed by atoms with Crippen molar-refractivity contribution in [2.45, 2.75) is 20.4 Å². The lowest BCUT2D eigenvalue weighted by Crippen LogP contribution is -1.98. The summed E-state index contributed by atoms with van der Waals surface area (Å²) in [6.07, 6.45) is 1.36. The van der Waals surface area contributed by atoms with Crippen LogP contribution in [0.3, 0.4) is 0 Å². The van der Waals surface area contributed by atoms with Crippen molar-refractivity contribution < 1.29 is 4.79 Å². The number of benzene rings is 2. The van der Waals surface area contributed by atoms with E-state index >= 15 is 0 Å². The van der Waals surface area contributed by atoms with Crippen molar-refractivity contribution in [1.29, 1.82) is 5.26 Å². The average molecular weight is 381 g/mol. The molecule has 0 bridgehead atoms. The summed E-state index contributed by atoms with van der Waals surface area (Å²) in [6, 6.07) is 16.3. The minimum absolute atomic E-state index is 0.380. The van der Waals surface area contributed by atoms with Gasteiger partial charge in [0.1, 0.15) is 6.07 Å². The molecule has 3 aromatic rings. The molecular formula is C21H21ClN4O. The molecule has 2 aromatic carbocycles. The Morgan fingerprint density at radius 2 is 1.93 bits per heavy atom. The number of nitrogen functional groups attached to an aromatic ring is 1. The number of alkyl halides is 1. The summed E-state index contributed by atoms with van der Waals surface area (Å²) < 4.78 is 2.20. The first kappa shape index (κ1) is 20.3. The number of aryl methyl sites for hydroxylation is 2. The van der Waals surface area contributed by atoms with Crippen LogP contribution in [0.4, 0.5) is 5.69 Å². The smallest absolute Gasteiger partial charge is 0.234 e. The zero-order valence-electron chi connectivity index (χ0n) is 15.4. The Morgan fingerprint density at radius 1 is 1.22 bits per heavy atom. The van der Waals surface area contributed by atoms with Crippen molar-refractivity contribution >= 4 is 34.3 Å². The molecule has 0 aliphatic heterocycles. The minimum atomic E-state index is 0.380. The minimum Gasteiger partial charge on any atom is -0.399 e. The highest BCUT2D eigenvalue weighted by atomic mass is 35.5. The topological polar surface area (TPSA) is 84.2 Å². The van der Waals surface area contributed by atoms with Crippen LogP contribution in [0.15, 0.2) is 47.5 Å². The first-order chi connectivity index (χ1) is 13.1. The summed E-state index contributed by atoms with van der Waals surface area (Å²) in [6.45, 7) is 5.37. The van der Waals surface area contributed by atoms with Gasteiger partial charge in [-0.05, 0) is 43.2 Å². The largest absolute Gasteiger partial charge is 0.399 e. The number of halogens is 1. The Balaban J connectivity index is 0.000000380. The third-order valence-electron chi connectivity index (χ3n) is 4.09. The molecule has 0 fully saturated rings.